The van der Waals surface area contributed by atoms with E-state index in [0.717, 1.165) is 31.6 Å². The summed E-state index contributed by atoms with van der Waals surface area (Å²) >= 11 is 0. The lowest BCUT2D eigenvalue weighted by molar-refractivity contribution is -0.141. The fraction of sp³-hybridized carbons (Fsp3) is 0.643. The molecule has 1 saturated heterocycles. The van der Waals surface area contributed by atoms with Gasteiger partial charge in [-0.2, -0.15) is 0 Å². The number of aliphatic hydroxyl groups excluding tert-OH is 1. The molecule has 0 aromatic heterocycles. The molecule has 2 aliphatic heterocycles. The SMILES string of the molecule is COC(=O)C1=CN2CCCO[C@@H]2C2C(CO)=CCC12. The molecule has 1 N–H and O–H groups in total. The van der Waals surface area contributed by atoms with Gasteiger partial charge in [0.05, 0.1) is 25.9 Å². The maximum atomic E-state index is 11.9. The van der Waals surface area contributed by atoms with E-state index in [1.54, 1.807) is 0 Å². The van der Waals surface area contributed by atoms with Crippen molar-refractivity contribution in [3.05, 3.63) is 23.4 Å². The third kappa shape index (κ3) is 1.97. The first-order chi connectivity index (χ1) is 9.26. The van der Waals surface area contributed by atoms with Gasteiger partial charge >= 0.3 is 5.97 Å². The standard InChI is InChI=1S/C14H19NO4/c1-18-14(17)11-7-15-5-2-6-19-13(15)12-9(8-16)3-4-10(11)12/h3,7,10,12-13,16H,2,4-6,8H2,1H3/t10?,12?,13-/m1/s1. The van der Waals surface area contributed by atoms with E-state index in [1.807, 2.05) is 12.3 Å². The lowest BCUT2D eigenvalue weighted by Gasteiger charge is -2.45. The number of ether oxygens (including phenoxy) is 2. The predicted octanol–water partition coefficient (Wildman–Crippen LogP) is 0.660. The van der Waals surface area contributed by atoms with Crippen LogP contribution < -0.4 is 0 Å². The summed E-state index contributed by atoms with van der Waals surface area (Å²) in [5, 5.41) is 9.50. The van der Waals surface area contributed by atoms with Gasteiger partial charge in [0, 0.05) is 24.6 Å². The molecule has 5 nitrogen and oxygen atoms in total. The minimum Gasteiger partial charge on any atom is -0.466 e. The van der Waals surface area contributed by atoms with Gasteiger partial charge in [-0.3, -0.25) is 0 Å². The number of rotatable bonds is 2. The van der Waals surface area contributed by atoms with Crippen LogP contribution in [0.25, 0.3) is 0 Å². The fourth-order valence-electron chi connectivity index (χ4n) is 3.41. The van der Waals surface area contributed by atoms with Crippen molar-refractivity contribution in [2.75, 3.05) is 26.9 Å². The Morgan fingerprint density at radius 1 is 1.63 bits per heavy atom. The first-order valence-corrected chi connectivity index (χ1v) is 6.73. The second-order valence-electron chi connectivity index (χ2n) is 5.23. The van der Waals surface area contributed by atoms with Crippen molar-refractivity contribution in [3.8, 4) is 0 Å². The molecule has 0 spiro atoms. The highest BCUT2D eigenvalue weighted by Gasteiger charge is 2.46. The van der Waals surface area contributed by atoms with Crippen molar-refractivity contribution in [1.82, 2.24) is 4.90 Å². The molecule has 0 radical (unpaired) electrons. The molecule has 2 unspecified atom stereocenters. The van der Waals surface area contributed by atoms with Crippen LogP contribution in [0.3, 0.4) is 0 Å². The molecule has 3 atom stereocenters. The number of esters is 1. The zero-order chi connectivity index (χ0) is 13.4. The Kier molecular flexibility index (Phi) is 3.33. The lowest BCUT2D eigenvalue weighted by Crippen LogP contribution is -2.50. The van der Waals surface area contributed by atoms with E-state index in [9.17, 15) is 9.90 Å². The molecule has 0 aromatic rings. The highest BCUT2D eigenvalue weighted by molar-refractivity contribution is 5.89. The number of fused-ring (bicyclic) bond motifs is 3. The van der Waals surface area contributed by atoms with Gasteiger partial charge in [-0.05, 0) is 18.4 Å². The number of hydrogen-bond donors (Lipinski definition) is 1. The Morgan fingerprint density at radius 2 is 2.47 bits per heavy atom. The number of carbonyl (C=O) groups excluding carboxylic acids is 1. The summed E-state index contributed by atoms with van der Waals surface area (Å²) in [4.78, 5) is 14.0. The summed E-state index contributed by atoms with van der Waals surface area (Å²) in [6.07, 6.45) is 5.61. The van der Waals surface area contributed by atoms with Gasteiger partial charge in [0.2, 0.25) is 0 Å². The van der Waals surface area contributed by atoms with E-state index in [2.05, 4.69) is 4.90 Å². The second kappa shape index (κ2) is 4.98. The molecule has 1 aliphatic carbocycles. The molecule has 0 saturated carbocycles. The highest BCUT2D eigenvalue weighted by Crippen LogP contribution is 2.45. The van der Waals surface area contributed by atoms with Crippen LogP contribution in [-0.4, -0.2) is 49.1 Å². The van der Waals surface area contributed by atoms with Gasteiger partial charge in [-0.1, -0.05) is 6.08 Å². The van der Waals surface area contributed by atoms with Crippen molar-refractivity contribution in [1.29, 1.82) is 0 Å². The van der Waals surface area contributed by atoms with Crippen LogP contribution in [0.2, 0.25) is 0 Å². The maximum absolute atomic E-state index is 11.9. The zero-order valence-electron chi connectivity index (χ0n) is 11.0. The maximum Gasteiger partial charge on any atom is 0.335 e. The van der Waals surface area contributed by atoms with Crippen LogP contribution >= 0.6 is 0 Å². The monoisotopic (exact) mass is 265 g/mol. The van der Waals surface area contributed by atoms with Crippen molar-refractivity contribution < 1.29 is 19.4 Å². The third-order valence-electron chi connectivity index (χ3n) is 4.29. The van der Waals surface area contributed by atoms with Gasteiger partial charge in [0.25, 0.3) is 0 Å². The van der Waals surface area contributed by atoms with Crippen molar-refractivity contribution in [3.63, 3.8) is 0 Å². The molecule has 19 heavy (non-hydrogen) atoms. The smallest absolute Gasteiger partial charge is 0.335 e. The number of methoxy groups -OCH3 is 1. The largest absolute Gasteiger partial charge is 0.466 e. The predicted molar refractivity (Wildman–Crippen MR) is 67.9 cm³/mol. The molecule has 0 amide bonds. The van der Waals surface area contributed by atoms with Crippen molar-refractivity contribution >= 4 is 5.97 Å². The van der Waals surface area contributed by atoms with Gasteiger partial charge < -0.3 is 19.5 Å². The Balaban J connectivity index is 1.96. The lowest BCUT2D eigenvalue weighted by atomic mass is 9.80. The molecule has 104 valence electrons. The van der Waals surface area contributed by atoms with Gasteiger partial charge in [-0.15, -0.1) is 0 Å². The summed E-state index contributed by atoms with van der Waals surface area (Å²) in [6.45, 7) is 1.65. The molecule has 0 bridgehead atoms. The third-order valence-corrected chi connectivity index (χ3v) is 4.29. The summed E-state index contributed by atoms with van der Waals surface area (Å²) in [5.74, 6) is -0.120. The molecule has 3 aliphatic rings. The highest BCUT2D eigenvalue weighted by atomic mass is 16.5. The number of hydrogen-bond acceptors (Lipinski definition) is 5. The molecule has 1 fully saturated rings. The van der Waals surface area contributed by atoms with Crippen LogP contribution in [0, 0.1) is 11.8 Å². The number of aliphatic hydroxyl groups is 1. The van der Waals surface area contributed by atoms with Gasteiger partial charge in [0.1, 0.15) is 6.23 Å². The van der Waals surface area contributed by atoms with E-state index >= 15 is 0 Å². The summed E-state index contributed by atoms with van der Waals surface area (Å²) in [6, 6.07) is 0. The molecule has 2 heterocycles. The Morgan fingerprint density at radius 3 is 3.21 bits per heavy atom. The Labute approximate surface area is 112 Å². The van der Waals surface area contributed by atoms with Crippen LogP contribution in [-0.2, 0) is 14.3 Å². The van der Waals surface area contributed by atoms with Gasteiger partial charge in [-0.25, -0.2) is 4.79 Å². The number of carbonyl (C=O) groups is 1. The quantitative estimate of drug-likeness (QED) is 0.587. The van der Waals surface area contributed by atoms with E-state index in [0.29, 0.717) is 5.57 Å². The molecule has 0 aromatic carbocycles. The van der Waals surface area contributed by atoms with E-state index in [1.165, 1.54) is 7.11 Å². The van der Waals surface area contributed by atoms with Crippen LogP contribution in [0.1, 0.15) is 12.8 Å². The van der Waals surface area contributed by atoms with Crippen LogP contribution in [0.5, 0.6) is 0 Å². The summed E-state index contributed by atoms with van der Waals surface area (Å²) in [7, 11) is 1.41. The van der Waals surface area contributed by atoms with E-state index in [4.69, 9.17) is 9.47 Å². The summed E-state index contributed by atoms with van der Waals surface area (Å²) < 4.78 is 10.8. The van der Waals surface area contributed by atoms with Gasteiger partial charge in [0.15, 0.2) is 0 Å². The second-order valence-corrected chi connectivity index (χ2v) is 5.23. The summed E-state index contributed by atoms with van der Waals surface area (Å²) in [5.41, 5.74) is 1.69. The minimum absolute atomic E-state index is 0.0311. The zero-order valence-corrected chi connectivity index (χ0v) is 11.0. The average molecular weight is 265 g/mol. The van der Waals surface area contributed by atoms with E-state index in [-0.39, 0.29) is 30.6 Å². The molecule has 5 heteroatoms. The average Bonchev–Trinajstić information content (AvgIpc) is 2.89. The normalized spacial score (nSPS) is 33.2. The Bertz CT molecular complexity index is 443. The molecule has 3 rings (SSSR count). The molecular formula is C14H19NO4. The van der Waals surface area contributed by atoms with Crippen molar-refractivity contribution in [2.24, 2.45) is 11.8 Å². The first-order valence-electron chi connectivity index (χ1n) is 6.73. The van der Waals surface area contributed by atoms with Crippen LogP contribution in [0.4, 0.5) is 0 Å². The van der Waals surface area contributed by atoms with E-state index < -0.39 is 0 Å². The Hall–Kier alpha value is -1.33. The topological polar surface area (TPSA) is 59.0 Å². The van der Waals surface area contributed by atoms with Crippen molar-refractivity contribution in [2.45, 2.75) is 19.1 Å². The molecular weight excluding hydrogens is 246 g/mol. The number of nitrogens with zero attached hydrogens (tertiary/aromatic N) is 1. The number of allylic oxidation sites excluding steroid dienone is 1. The van der Waals surface area contributed by atoms with Crippen LogP contribution in [0.15, 0.2) is 23.4 Å². The fourth-order valence-corrected chi connectivity index (χ4v) is 3.41. The minimum atomic E-state index is -0.272. The first kappa shape index (κ1) is 12.7.